The highest BCUT2D eigenvalue weighted by Gasteiger charge is 2.17. The van der Waals surface area contributed by atoms with Gasteiger partial charge in [-0.25, -0.2) is 9.97 Å². The van der Waals surface area contributed by atoms with Crippen molar-refractivity contribution < 1.29 is 5.11 Å². The number of fused-ring (bicyclic) bond motifs is 1. The van der Waals surface area contributed by atoms with E-state index in [1.165, 1.54) is 11.1 Å². The van der Waals surface area contributed by atoms with Crippen molar-refractivity contribution in [3.8, 4) is 61.9 Å². The number of benzene rings is 4. The number of imidazole rings is 1. The maximum atomic E-state index is 10.4. The molecule has 0 fully saturated rings. The Morgan fingerprint density at radius 2 is 1.33 bits per heavy atom. The highest BCUT2D eigenvalue weighted by molar-refractivity contribution is 5.95. The van der Waals surface area contributed by atoms with Gasteiger partial charge in [-0.05, 0) is 70.6 Å². The standard InChI is InChI=1S/C37H28N4O/c1-24-23-39-32(22-31(24)27-18-16-26(17-19-27)25-9-4-3-5-10-25)29-12-6-11-28(21-29)30-13-7-14-33-35(30)40-37(41(33)2)36-34(42)15-8-20-38-36/h3-23,42H,1-2H3. The predicted molar refractivity (Wildman–Crippen MR) is 170 cm³/mol. The van der Waals surface area contributed by atoms with E-state index < -0.39 is 0 Å². The van der Waals surface area contributed by atoms with Gasteiger partial charge in [-0.3, -0.25) is 4.98 Å². The smallest absolute Gasteiger partial charge is 0.163 e. The summed E-state index contributed by atoms with van der Waals surface area (Å²) in [6.07, 6.45) is 3.62. The third-order valence-electron chi connectivity index (χ3n) is 7.79. The van der Waals surface area contributed by atoms with Crippen LogP contribution in [-0.4, -0.2) is 24.6 Å². The molecular formula is C37H28N4O. The van der Waals surface area contributed by atoms with Gasteiger partial charge in [0.15, 0.2) is 5.82 Å². The number of nitrogens with zero attached hydrogens (tertiary/aromatic N) is 4. The molecule has 3 heterocycles. The third-order valence-corrected chi connectivity index (χ3v) is 7.79. The molecule has 5 heteroatoms. The van der Waals surface area contributed by atoms with Crippen LogP contribution in [0.15, 0.2) is 128 Å². The normalized spacial score (nSPS) is 11.2. The zero-order chi connectivity index (χ0) is 28.6. The molecular weight excluding hydrogens is 516 g/mol. The van der Waals surface area contributed by atoms with Crippen LogP contribution in [-0.2, 0) is 7.05 Å². The molecule has 3 aromatic heterocycles. The predicted octanol–water partition coefficient (Wildman–Crippen LogP) is 8.71. The summed E-state index contributed by atoms with van der Waals surface area (Å²) in [5.74, 6) is 0.727. The van der Waals surface area contributed by atoms with Crippen molar-refractivity contribution in [2.45, 2.75) is 6.92 Å². The maximum Gasteiger partial charge on any atom is 0.163 e. The van der Waals surface area contributed by atoms with Crippen LogP contribution in [0.5, 0.6) is 5.75 Å². The van der Waals surface area contributed by atoms with Crippen LogP contribution >= 0.6 is 0 Å². The molecule has 0 radical (unpaired) electrons. The van der Waals surface area contributed by atoms with Crippen molar-refractivity contribution in [2.24, 2.45) is 7.05 Å². The Morgan fingerprint density at radius 3 is 2.14 bits per heavy atom. The lowest BCUT2D eigenvalue weighted by Gasteiger charge is -2.11. The average Bonchev–Trinajstić information content (AvgIpc) is 3.38. The summed E-state index contributed by atoms with van der Waals surface area (Å²) in [4.78, 5) is 14.1. The second kappa shape index (κ2) is 10.5. The van der Waals surface area contributed by atoms with Crippen molar-refractivity contribution in [1.82, 2.24) is 19.5 Å². The van der Waals surface area contributed by atoms with E-state index in [-0.39, 0.29) is 5.75 Å². The van der Waals surface area contributed by atoms with Crippen LogP contribution in [0.3, 0.4) is 0 Å². The summed E-state index contributed by atoms with van der Waals surface area (Å²) in [5.41, 5.74) is 12.1. The van der Waals surface area contributed by atoms with Crippen molar-refractivity contribution in [1.29, 1.82) is 0 Å². The van der Waals surface area contributed by atoms with Crippen LogP contribution in [0.25, 0.3) is 67.2 Å². The second-order valence-electron chi connectivity index (χ2n) is 10.4. The zero-order valence-corrected chi connectivity index (χ0v) is 23.4. The summed E-state index contributed by atoms with van der Waals surface area (Å²) in [6, 6.07) is 39.3. The summed E-state index contributed by atoms with van der Waals surface area (Å²) in [6.45, 7) is 2.10. The summed E-state index contributed by atoms with van der Waals surface area (Å²) < 4.78 is 1.97. The van der Waals surface area contributed by atoms with E-state index in [2.05, 4.69) is 96.8 Å². The molecule has 0 amide bonds. The van der Waals surface area contributed by atoms with Crippen molar-refractivity contribution in [3.05, 3.63) is 133 Å². The van der Waals surface area contributed by atoms with Gasteiger partial charge in [0, 0.05) is 30.6 Å². The van der Waals surface area contributed by atoms with Crippen LogP contribution in [0, 0.1) is 6.92 Å². The SMILES string of the molecule is Cc1cnc(-c2cccc(-c3cccc4c3nc(-c3ncccc3O)n4C)c2)cc1-c1ccc(-c2ccccc2)cc1. The van der Waals surface area contributed by atoms with E-state index in [0.29, 0.717) is 11.5 Å². The lowest BCUT2D eigenvalue weighted by molar-refractivity contribution is 0.474. The van der Waals surface area contributed by atoms with Gasteiger partial charge < -0.3 is 9.67 Å². The molecule has 7 aromatic rings. The van der Waals surface area contributed by atoms with E-state index >= 15 is 0 Å². The molecule has 7 rings (SSSR count). The van der Waals surface area contributed by atoms with Gasteiger partial charge in [0.2, 0.25) is 0 Å². The van der Waals surface area contributed by atoms with E-state index in [0.717, 1.165) is 50.1 Å². The molecule has 0 spiro atoms. The molecule has 202 valence electrons. The highest BCUT2D eigenvalue weighted by Crippen LogP contribution is 2.35. The fourth-order valence-electron chi connectivity index (χ4n) is 5.54. The number of hydrogen-bond donors (Lipinski definition) is 1. The first kappa shape index (κ1) is 25.4. The largest absolute Gasteiger partial charge is 0.506 e. The molecule has 5 nitrogen and oxygen atoms in total. The molecule has 1 N–H and O–H groups in total. The fraction of sp³-hybridized carbons (Fsp3) is 0.0541. The van der Waals surface area contributed by atoms with Gasteiger partial charge in [0.05, 0.1) is 16.7 Å². The fourth-order valence-corrected chi connectivity index (χ4v) is 5.54. The van der Waals surface area contributed by atoms with Gasteiger partial charge in [-0.1, -0.05) is 84.9 Å². The number of para-hydroxylation sites is 1. The Balaban J connectivity index is 1.27. The van der Waals surface area contributed by atoms with Crippen LogP contribution < -0.4 is 0 Å². The number of pyridine rings is 2. The van der Waals surface area contributed by atoms with E-state index in [1.807, 2.05) is 36.0 Å². The quantitative estimate of drug-likeness (QED) is 0.235. The molecule has 0 atom stereocenters. The first-order valence-electron chi connectivity index (χ1n) is 13.9. The van der Waals surface area contributed by atoms with Crippen molar-refractivity contribution in [2.75, 3.05) is 0 Å². The van der Waals surface area contributed by atoms with E-state index in [9.17, 15) is 5.11 Å². The van der Waals surface area contributed by atoms with Gasteiger partial charge in [0.25, 0.3) is 0 Å². The Kier molecular flexibility index (Phi) is 6.32. The number of hydrogen-bond acceptors (Lipinski definition) is 4. The zero-order valence-electron chi connectivity index (χ0n) is 23.4. The number of aryl methyl sites for hydroxylation is 2. The maximum absolute atomic E-state index is 10.4. The summed E-state index contributed by atoms with van der Waals surface area (Å²) in [5, 5.41) is 10.4. The second-order valence-corrected chi connectivity index (χ2v) is 10.4. The van der Waals surface area contributed by atoms with Crippen molar-refractivity contribution >= 4 is 11.0 Å². The number of aromatic hydroxyl groups is 1. The Labute approximate surface area is 244 Å². The van der Waals surface area contributed by atoms with Gasteiger partial charge >= 0.3 is 0 Å². The van der Waals surface area contributed by atoms with Gasteiger partial charge in [-0.15, -0.1) is 0 Å². The van der Waals surface area contributed by atoms with Gasteiger partial charge in [-0.2, -0.15) is 0 Å². The topological polar surface area (TPSA) is 63.8 Å². The minimum absolute atomic E-state index is 0.107. The molecule has 0 saturated heterocycles. The number of rotatable bonds is 5. The Bertz CT molecular complexity index is 2060. The molecule has 0 bridgehead atoms. The molecule has 4 aromatic carbocycles. The lowest BCUT2D eigenvalue weighted by Crippen LogP contribution is -1.94. The molecule has 0 unspecified atom stereocenters. The Hall–Kier alpha value is -5.55. The minimum Gasteiger partial charge on any atom is -0.506 e. The first-order valence-corrected chi connectivity index (χ1v) is 13.9. The van der Waals surface area contributed by atoms with Crippen LogP contribution in [0.4, 0.5) is 0 Å². The van der Waals surface area contributed by atoms with Crippen molar-refractivity contribution in [3.63, 3.8) is 0 Å². The van der Waals surface area contributed by atoms with Crippen LogP contribution in [0.1, 0.15) is 5.56 Å². The van der Waals surface area contributed by atoms with Crippen LogP contribution in [0.2, 0.25) is 0 Å². The van der Waals surface area contributed by atoms with E-state index in [4.69, 9.17) is 9.97 Å². The molecule has 42 heavy (non-hydrogen) atoms. The average molecular weight is 545 g/mol. The molecule has 0 aliphatic carbocycles. The molecule has 0 aliphatic rings. The summed E-state index contributed by atoms with van der Waals surface area (Å²) in [7, 11) is 1.95. The molecule has 0 saturated carbocycles. The number of aromatic nitrogens is 4. The first-order chi connectivity index (χ1) is 20.6. The third kappa shape index (κ3) is 4.51. The van der Waals surface area contributed by atoms with E-state index in [1.54, 1.807) is 18.3 Å². The minimum atomic E-state index is 0.107. The molecule has 0 aliphatic heterocycles. The van der Waals surface area contributed by atoms with Gasteiger partial charge in [0.1, 0.15) is 11.4 Å². The Morgan fingerprint density at radius 1 is 0.619 bits per heavy atom. The monoisotopic (exact) mass is 544 g/mol. The highest BCUT2D eigenvalue weighted by atomic mass is 16.3. The lowest BCUT2D eigenvalue weighted by atomic mass is 9.96. The summed E-state index contributed by atoms with van der Waals surface area (Å²) >= 11 is 0.